The van der Waals surface area contributed by atoms with Gasteiger partial charge in [0.2, 0.25) is 16.0 Å². The van der Waals surface area contributed by atoms with E-state index in [0.717, 1.165) is 10.2 Å². The molecule has 0 aliphatic heterocycles. The molecule has 17 heavy (non-hydrogen) atoms. The monoisotopic (exact) mass is 253 g/mol. The Balaban J connectivity index is 2.82. The number of ketones is 1. The fourth-order valence-corrected chi connectivity index (χ4v) is 2.54. The summed E-state index contributed by atoms with van der Waals surface area (Å²) in [7, 11) is -3.51. The minimum absolute atomic E-state index is 0.108. The largest absolute Gasteiger partial charge is 0.368 e. The summed E-state index contributed by atoms with van der Waals surface area (Å²) >= 11 is 0. The Hall–Kier alpha value is -1.89. The van der Waals surface area contributed by atoms with Crippen LogP contribution in [0.15, 0.2) is 18.2 Å². The fraction of sp³-hybridized carbons (Fsp3) is 0.200. The number of carbonyl (C=O) groups excluding carboxylic acids is 1. The molecule has 0 spiro atoms. The number of aromatic nitrogens is 2. The number of hydrogen-bond acceptors (Lipinski definition) is 5. The van der Waals surface area contributed by atoms with Gasteiger partial charge in [-0.1, -0.05) is 0 Å². The zero-order valence-corrected chi connectivity index (χ0v) is 10.2. The van der Waals surface area contributed by atoms with E-state index < -0.39 is 10.0 Å². The molecule has 0 unspecified atom stereocenters. The second-order valence-electron chi connectivity index (χ2n) is 3.76. The highest BCUT2D eigenvalue weighted by atomic mass is 32.2. The first-order chi connectivity index (χ1) is 7.80. The first kappa shape index (κ1) is 11.6. The molecule has 0 aliphatic carbocycles. The molecule has 0 atom stereocenters. The van der Waals surface area contributed by atoms with Crippen molar-refractivity contribution in [3.8, 4) is 0 Å². The number of imidazole rings is 1. The number of nitrogens with zero attached hydrogens (tertiary/aromatic N) is 2. The third-order valence-electron chi connectivity index (χ3n) is 2.38. The second kappa shape index (κ2) is 3.56. The maximum absolute atomic E-state index is 11.5. The summed E-state index contributed by atoms with van der Waals surface area (Å²) in [4.78, 5) is 15.1. The van der Waals surface area contributed by atoms with Crippen molar-refractivity contribution in [3.63, 3.8) is 0 Å². The minimum Gasteiger partial charge on any atom is -0.368 e. The number of anilines is 1. The van der Waals surface area contributed by atoms with E-state index in [-0.39, 0.29) is 11.7 Å². The molecule has 1 aromatic carbocycles. The first-order valence-corrected chi connectivity index (χ1v) is 6.65. The number of nitrogen functional groups attached to an aromatic ring is 1. The Bertz CT molecular complexity index is 716. The zero-order chi connectivity index (χ0) is 12.8. The van der Waals surface area contributed by atoms with Crippen LogP contribution in [0.2, 0.25) is 0 Å². The lowest BCUT2D eigenvalue weighted by molar-refractivity contribution is 0.101. The molecule has 0 bridgehead atoms. The fourth-order valence-electron chi connectivity index (χ4n) is 1.64. The lowest BCUT2D eigenvalue weighted by Gasteiger charge is -2.02. The molecular weight excluding hydrogens is 242 g/mol. The summed E-state index contributed by atoms with van der Waals surface area (Å²) in [5.41, 5.74) is 6.78. The second-order valence-corrected chi connectivity index (χ2v) is 5.59. The van der Waals surface area contributed by atoms with Gasteiger partial charge in [-0.25, -0.2) is 17.4 Å². The van der Waals surface area contributed by atoms with E-state index in [0.29, 0.717) is 16.6 Å². The Morgan fingerprint density at radius 2 is 2.06 bits per heavy atom. The number of fused-ring (bicyclic) bond motifs is 1. The summed E-state index contributed by atoms with van der Waals surface area (Å²) in [6.45, 7) is 1.43. The van der Waals surface area contributed by atoms with Gasteiger partial charge < -0.3 is 5.73 Å². The molecule has 0 amide bonds. The van der Waals surface area contributed by atoms with E-state index in [2.05, 4.69) is 4.98 Å². The van der Waals surface area contributed by atoms with Crippen LogP contribution in [0.4, 0.5) is 5.95 Å². The number of carbonyl (C=O) groups is 1. The maximum atomic E-state index is 11.5. The molecule has 2 rings (SSSR count). The third kappa shape index (κ3) is 1.89. The topological polar surface area (TPSA) is 95.1 Å². The van der Waals surface area contributed by atoms with Crippen LogP contribution < -0.4 is 5.73 Å². The van der Waals surface area contributed by atoms with E-state index >= 15 is 0 Å². The van der Waals surface area contributed by atoms with Gasteiger partial charge in [-0.2, -0.15) is 0 Å². The van der Waals surface area contributed by atoms with Crippen LogP contribution in [0.1, 0.15) is 17.3 Å². The van der Waals surface area contributed by atoms with Crippen LogP contribution in [0, 0.1) is 0 Å². The van der Waals surface area contributed by atoms with E-state index in [1.807, 2.05) is 0 Å². The van der Waals surface area contributed by atoms with Crippen molar-refractivity contribution in [3.05, 3.63) is 23.8 Å². The lowest BCUT2D eigenvalue weighted by Crippen LogP contribution is -2.12. The van der Waals surface area contributed by atoms with Crippen molar-refractivity contribution >= 4 is 32.8 Å². The number of Topliss-reactive ketones (excluding diaryl/α,β-unsaturated/α-hetero) is 1. The average Bonchev–Trinajstić information content (AvgIpc) is 2.51. The van der Waals surface area contributed by atoms with Gasteiger partial charge in [0, 0.05) is 5.56 Å². The molecule has 6 nitrogen and oxygen atoms in total. The van der Waals surface area contributed by atoms with Gasteiger partial charge in [0.1, 0.15) is 0 Å². The highest BCUT2D eigenvalue weighted by Gasteiger charge is 2.16. The van der Waals surface area contributed by atoms with E-state index in [1.165, 1.54) is 19.1 Å². The highest BCUT2D eigenvalue weighted by Crippen LogP contribution is 2.21. The molecule has 2 N–H and O–H groups in total. The van der Waals surface area contributed by atoms with Gasteiger partial charge in [-0.15, -0.1) is 0 Å². The first-order valence-electron chi connectivity index (χ1n) is 4.80. The van der Waals surface area contributed by atoms with Gasteiger partial charge in [0.25, 0.3) is 0 Å². The van der Waals surface area contributed by atoms with Gasteiger partial charge >= 0.3 is 0 Å². The Morgan fingerprint density at radius 1 is 1.41 bits per heavy atom. The molecule has 0 radical (unpaired) electrons. The van der Waals surface area contributed by atoms with Crippen molar-refractivity contribution in [2.24, 2.45) is 0 Å². The van der Waals surface area contributed by atoms with Crippen LogP contribution in [-0.2, 0) is 10.0 Å². The highest BCUT2D eigenvalue weighted by molar-refractivity contribution is 7.89. The van der Waals surface area contributed by atoms with Crippen molar-refractivity contribution in [2.45, 2.75) is 6.92 Å². The summed E-state index contributed by atoms with van der Waals surface area (Å²) in [5, 5.41) is 0. The standard InChI is InChI=1S/C10H11N3O3S/c1-6(14)7-3-4-9-8(5-7)12-10(11)13(9)17(2,15)16/h3-5H,1-2H3,(H2,11,12). The van der Waals surface area contributed by atoms with Gasteiger partial charge in [0.05, 0.1) is 17.3 Å². The predicted molar refractivity (Wildman–Crippen MR) is 64.4 cm³/mol. The normalized spacial score (nSPS) is 11.9. The van der Waals surface area contributed by atoms with Crippen molar-refractivity contribution in [1.82, 2.24) is 8.96 Å². The van der Waals surface area contributed by atoms with E-state index in [9.17, 15) is 13.2 Å². The molecule has 1 aromatic heterocycles. The number of nitrogens with two attached hydrogens (primary N) is 1. The summed E-state index contributed by atoms with van der Waals surface area (Å²) in [5.74, 6) is -0.220. The summed E-state index contributed by atoms with van der Waals surface area (Å²) < 4.78 is 24.0. The van der Waals surface area contributed by atoms with Gasteiger partial charge in [-0.3, -0.25) is 4.79 Å². The molecule has 2 aromatic rings. The lowest BCUT2D eigenvalue weighted by atomic mass is 10.1. The Labute approximate surface area is 98.1 Å². The zero-order valence-electron chi connectivity index (χ0n) is 9.34. The molecule has 1 heterocycles. The predicted octanol–water partition coefficient (Wildman–Crippen LogP) is 0.629. The van der Waals surface area contributed by atoms with Crippen LogP contribution >= 0.6 is 0 Å². The Morgan fingerprint density at radius 3 is 2.59 bits per heavy atom. The van der Waals surface area contributed by atoms with Crippen molar-refractivity contribution in [2.75, 3.05) is 12.0 Å². The van der Waals surface area contributed by atoms with Crippen LogP contribution in [0.5, 0.6) is 0 Å². The van der Waals surface area contributed by atoms with E-state index in [1.54, 1.807) is 6.07 Å². The van der Waals surface area contributed by atoms with Crippen LogP contribution in [0.3, 0.4) is 0 Å². The molecular formula is C10H11N3O3S. The van der Waals surface area contributed by atoms with Crippen LogP contribution in [-0.4, -0.2) is 29.4 Å². The quantitative estimate of drug-likeness (QED) is 0.792. The van der Waals surface area contributed by atoms with Crippen molar-refractivity contribution in [1.29, 1.82) is 0 Å². The summed E-state index contributed by atoms with van der Waals surface area (Å²) in [6.07, 6.45) is 1.05. The minimum atomic E-state index is -3.51. The van der Waals surface area contributed by atoms with Crippen LogP contribution in [0.25, 0.3) is 11.0 Å². The molecule has 0 fully saturated rings. The SMILES string of the molecule is CC(=O)c1ccc2c(c1)nc(N)n2S(C)(=O)=O. The summed E-state index contributed by atoms with van der Waals surface area (Å²) in [6, 6.07) is 4.60. The molecule has 0 saturated carbocycles. The van der Waals surface area contributed by atoms with Crippen molar-refractivity contribution < 1.29 is 13.2 Å². The van der Waals surface area contributed by atoms with Gasteiger partial charge in [0.15, 0.2) is 5.78 Å². The third-order valence-corrected chi connectivity index (χ3v) is 3.42. The number of hydrogen-bond donors (Lipinski definition) is 1. The van der Waals surface area contributed by atoms with E-state index in [4.69, 9.17) is 5.73 Å². The number of benzene rings is 1. The smallest absolute Gasteiger partial charge is 0.239 e. The molecule has 0 aliphatic rings. The average molecular weight is 253 g/mol. The van der Waals surface area contributed by atoms with Gasteiger partial charge in [-0.05, 0) is 25.1 Å². The molecule has 90 valence electrons. The number of rotatable bonds is 2. The molecule has 0 saturated heterocycles. The Kier molecular flexibility index (Phi) is 2.43. The maximum Gasteiger partial charge on any atom is 0.239 e. The molecule has 7 heteroatoms.